The van der Waals surface area contributed by atoms with E-state index in [2.05, 4.69) is 30.3 Å². The van der Waals surface area contributed by atoms with Crippen LogP contribution >= 0.6 is 11.3 Å². The van der Waals surface area contributed by atoms with Crippen molar-refractivity contribution in [3.63, 3.8) is 0 Å². The van der Waals surface area contributed by atoms with Crippen LogP contribution in [0.2, 0.25) is 0 Å². The number of hydrogen-bond acceptors (Lipinski definition) is 4. The smallest absolute Gasteiger partial charge is 0.305 e. The molecule has 1 aromatic heterocycles. The summed E-state index contributed by atoms with van der Waals surface area (Å²) in [6, 6.07) is 7.82. The Kier molecular flexibility index (Phi) is 6.19. The number of ether oxygens (including phenoxy) is 1. The summed E-state index contributed by atoms with van der Waals surface area (Å²) < 4.78 is 5.62. The molecule has 0 fully saturated rings. The van der Waals surface area contributed by atoms with E-state index in [-0.39, 0.29) is 4.87 Å². The van der Waals surface area contributed by atoms with Crippen molar-refractivity contribution in [2.24, 2.45) is 0 Å². The third-order valence-corrected chi connectivity index (χ3v) is 4.48. The second kappa shape index (κ2) is 8.13. The maximum atomic E-state index is 11.8. The molecule has 1 heterocycles. The highest BCUT2D eigenvalue weighted by atomic mass is 32.1. The molecule has 0 spiro atoms. The second-order valence-corrected chi connectivity index (χ2v) is 6.61. The molecule has 1 aromatic carbocycles. The predicted octanol–water partition coefficient (Wildman–Crippen LogP) is 3.90. The molecule has 0 aliphatic rings. The van der Waals surface area contributed by atoms with E-state index in [1.165, 1.54) is 11.3 Å². The number of nitrogens with one attached hydrogen (secondary N) is 1. The van der Waals surface area contributed by atoms with Crippen LogP contribution in [0, 0.1) is 0 Å². The van der Waals surface area contributed by atoms with Gasteiger partial charge in [-0.15, -0.1) is 0 Å². The monoisotopic (exact) mass is 332 g/mol. The van der Waals surface area contributed by atoms with Crippen molar-refractivity contribution in [3.05, 3.63) is 51.0 Å². The summed E-state index contributed by atoms with van der Waals surface area (Å²) in [7, 11) is 0. The predicted molar refractivity (Wildman–Crippen MR) is 97.3 cm³/mol. The Balaban J connectivity index is 2.21. The van der Waals surface area contributed by atoms with Crippen LogP contribution in [0.3, 0.4) is 0 Å². The SMILES string of the molecule is C=C(C)COc1ccc(-c2[nH]c(=O)sc2CN(CC)CC)cc1. The zero-order valence-corrected chi connectivity index (χ0v) is 14.8. The van der Waals surface area contributed by atoms with Crippen LogP contribution in [0.5, 0.6) is 5.75 Å². The van der Waals surface area contributed by atoms with Gasteiger partial charge < -0.3 is 9.72 Å². The van der Waals surface area contributed by atoms with Gasteiger partial charge in [0.2, 0.25) is 0 Å². The minimum absolute atomic E-state index is 0.00948. The van der Waals surface area contributed by atoms with Gasteiger partial charge in [-0.2, -0.15) is 0 Å². The minimum atomic E-state index is -0.00948. The molecule has 0 unspecified atom stereocenters. The Labute approximate surface area is 141 Å². The van der Waals surface area contributed by atoms with E-state index in [1.807, 2.05) is 31.2 Å². The molecule has 0 aliphatic carbocycles. The van der Waals surface area contributed by atoms with E-state index in [0.717, 1.165) is 47.1 Å². The van der Waals surface area contributed by atoms with Gasteiger partial charge in [-0.3, -0.25) is 9.69 Å². The number of aromatic nitrogens is 1. The highest BCUT2D eigenvalue weighted by Crippen LogP contribution is 2.26. The van der Waals surface area contributed by atoms with Crippen LogP contribution in [-0.4, -0.2) is 29.6 Å². The molecule has 1 N–H and O–H groups in total. The summed E-state index contributed by atoms with van der Waals surface area (Å²) >= 11 is 1.29. The number of benzene rings is 1. The average molecular weight is 332 g/mol. The molecule has 5 heteroatoms. The average Bonchev–Trinajstić information content (AvgIpc) is 2.91. The molecule has 0 amide bonds. The fourth-order valence-electron chi connectivity index (χ4n) is 2.28. The molecule has 0 radical (unpaired) electrons. The van der Waals surface area contributed by atoms with Crippen LogP contribution in [0.15, 0.2) is 41.2 Å². The van der Waals surface area contributed by atoms with Crippen molar-refractivity contribution in [2.45, 2.75) is 27.3 Å². The summed E-state index contributed by atoms with van der Waals surface area (Å²) in [5, 5.41) is 0. The normalized spacial score (nSPS) is 11.0. The Morgan fingerprint density at radius 2 is 1.91 bits per heavy atom. The van der Waals surface area contributed by atoms with E-state index in [9.17, 15) is 4.79 Å². The van der Waals surface area contributed by atoms with Gasteiger partial charge in [0, 0.05) is 11.4 Å². The van der Waals surface area contributed by atoms with Crippen molar-refractivity contribution in [3.8, 4) is 17.0 Å². The van der Waals surface area contributed by atoms with Crippen LogP contribution < -0.4 is 9.61 Å². The van der Waals surface area contributed by atoms with Crippen molar-refractivity contribution in [1.29, 1.82) is 0 Å². The highest BCUT2D eigenvalue weighted by Gasteiger charge is 2.13. The van der Waals surface area contributed by atoms with Crippen LogP contribution in [0.4, 0.5) is 0 Å². The van der Waals surface area contributed by atoms with Crippen molar-refractivity contribution < 1.29 is 4.74 Å². The number of hydrogen-bond donors (Lipinski definition) is 1. The largest absolute Gasteiger partial charge is 0.489 e. The first-order valence-corrected chi connectivity index (χ1v) is 8.67. The van der Waals surface area contributed by atoms with Gasteiger partial charge in [-0.05, 0) is 55.4 Å². The molecule has 0 saturated carbocycles. The summed E-state index contributed by atoms with van der Waals surface area (Å²) in [5.74, 6) is 0.805. The molecule has 2 rings (SSSR count). The van der Waals surface area contributed by atoms with Gasteiger partial charge in [0.15, 0.2) is 0 Å². The zero-order chi connectivity index (χ0) is 16.8. The summed E-state index contributed by atoms with van der Waals surface area (Å²) in [5.41, 5.74) is 2.91. The quantitative estimate of drug-likeness (QED) is 0.746. The third-order valence-electron chi connectivity index (χ3n) is 3.61. The van der Waals surface area contributed by atoms with Gasteiger partial charge in [0.25, 0.3) is 0 Å². The topological polar surface area (TPSA) is 45.3 Å². The number of H-pyrrole nitrogens is 1. The Morgan fingerprint density at radius 3 is 2.48 bits per heavy atom. The number of thiazole rings is 1. The van der Waals surface area contributed by atoms with Gasteiger partial charge >= 0.3 is 4.87 Å². The molecular weight excluding hydrogens is 308 g/mol. The van der Waals surface area contributed by atoms with Crippen LogP contribution in [0.25, 0.3) is 11.3 Å². The zero-order valence-electron chi connectivity index (χ0n) is 14.0. The lowest BCUT2D eigenvalue weighted by Crippen LogP contribution is -2.21. The molecule has 0 bridgehead atoms. The molecule has 124 valence electrons. The van der Waals surface area contributed by atoms with E-state index in [0.29, 0.717) is 6.61 Å². The Morgan fingerprint density at radius 1 is 1.26 bits per heavy atom. The molecule has 0 aliphatic heterocycles. The molecule has 4 nitrogen and oxygen atoms in total. The number of rotatable bonds is 8. The van der Waals surface area contributed by atoms with Crippen molar-refractivity contribution in [2.75, 3.05) is 19.7 Å². The van der Waals surface area contributed by atoms with E-state index < -0.39 is 0 Å². The van der Waals surface area contributed by atoms with Gasteiger partial charge in [0.1, 0.15) is 12.4 Å². The molecular formula is C18H24N2O2S. The minimum Gasteiger partial charge on any atom is -0.489 e. The standard InChI is InChI=1S/C18H24N2O2S/c1-5-20(6-2)11-16-17(19-18(21)23-16)14-7-9-15(10-8-14)22-12-13(3)4/h7-10H,3,5-6,11-12H2,1-2,4H3,(H,19,21). The second-order valence-electron chi connectivity index (χ2n) is 5.54. The lowest BCUT2D eigenvalue weighted by Gasteiger charge is -2.17. The Bertz CT molecular complexity index is 697. The first kappa shape index (κ1) is 17.5. The number of nitrogens with zero attached hydrogens (tertiary/aromatic N) is 1. The summed E-state index contributed by atoms with van der Waals surface area (Å²) in [6.07, 6.45) is 0. The summed E-state index contributed by atoms with van der Waals surface area (Å²) in [4.78, 5) is 18.1. The molecule has 0 atom stereocenters. The molecule has 2 aromatic rings. The maximum Gasteiger partial charge on any atom is 0.305 e. The first-order chi connectivity index (χ1) is 11.0. The lowest BCUT2D eigenvalue weighted by atomic mass is 10.1. The van der Waals surface area contributed by atoms with Crippen LogP contribution in [0.1, 0.15) is 25.6 Å². The fraction of sp³-hybridized carbons (Fsp3) is 0.389. The molecule has 23 heavy (non-hydrogen) atoms. The third kappa shape index (κ3) is 4.81. The Hall–Kier alpha value is -1.85. The molecule has 0 saturated heterocycles. The van der Waals surface area contributed by atoms with E-state index in [1.54, 1.807) is 0 Å². The van der Waals surface area contributed by atoms with Gasteiger partial charge in [-0.1, -0.05) is 31.8 Å². The maximum absolute atomic E-state index is 11.8. The van der Waals surface area contributed by atoms with Gasteiger partial charge in [0.05, 0.1) is 5.69 Å². The summed E-state index contributed by atoms with van der Waals surface area (Å²) in [6.45, 7) is 13.3. The van der Waals surface area contributed by atoms with Gasteiger partial charge in [-0.25, -0.2) is 0 Å². The first-order valence-electron chi connectivity index (χ1n) is 7.85. The highest BCUT2D eigenvalue weighted by molar-refractivity contribution is 7.09. The van der Waals surface area contributed by atoms with Crippen molar-refractivity contribution >= 4 is 11.3 Å². The lowest BCUT2D eigenvalue weighted by molar-refractivity contribution is 0.298. The number of aromatic amines is 1. The fourth-order valence-corrected chi connectivity index (χ4v) is 3.17. The van der Waals surface area contributed by atoms with Crippen LogP contribution in [-0.2, 0) is 6.54 Å². The van der Waals surface area contributed by atoms with E-state index in [4.69, 9.17) is 4.74 Å². The van der Waals surface area contributed by atoms with E-state index >= 15 is 0 Å². The van der Waals surface area contributed by atoms with Crippen molar-refractivity contribution in [1.82, 2.24) is 9.88 Å².